The quantitative estimate of drug-likeness (QED) is 0.552. The molecule has 0 rings (SSSR count). The van der Waals surface area contributed by atoms with Gasteiger partial charge in [0.05, 0.1) is 6.61 Å². The van der Waals surface area contributed by atoms with Crippen molar-refractivity contribution in [2.75, 3.05) is 6.61 Å². The lowest BCUT2D eigenvalue weighted by Crippen LogP contribution is -2.35. The maximum atomic E-state index is 10.3. The molecule has 0 bridgehead atoms. The zero-order valence-electron chi connectivity index (χ0n) is 6.26. The molecular weight excluding hydrogens is 134 g/mol. The van der Waals surface area contributed by atoms with Gasteiger partial charge in [0.2, 0.25) is 0 Å². The van der Waals surface area contributed by atoms with Crippen molar-refractivity contribution in [1.29, 1.82) is 0 Å². The van der Waals surface area contributed by atoms with Crippen LogP contribution < -0.4 is 5.48 Å². The summed E-state index contributed by atoms with van der Waals surface area (Å²) in [5.74, 6) is -0.879. The Morgan fingerprint density at radius 1 is 1.70 bits per heavy atom. The molecule has 0 aromatic rings. The van der Waals surface area contributed by atoms with Crippen LogP contribution in [-0.2, 0) is 9.63 Å². The number of carboxylic acid groups (broad SMARTS) is 1. The smallest absolute Gasteiger partial charge is 0.323 e. The molecule has 0 aromatic heterocycles. The molecule has 0 aromatic carbocycles. The van der Waals surface area contributed by atoms with E-state index in [1.165, 1.54) is 0 Å². The maximum Gasteiger partial charge on any atom is 0.323 e. The van der Waals surface area contributed by atoms with Crippen molar-refractivity contribution in [3.05, 3.63) is 0 Å². The molecule has 0 amide bonds. The molecule has 10 heavy (non-hydrogen) atoms. The van der Waals surface area contributed by atoms with E-state index in [0.717, 1.165) is 0 Å². The van der Waals surface area contributed by atoms with E-state index in [9.17, 15) is 4.79 Å². The summed E-state index contributed by atoms with van der Waals surface area (Å²) >= 11 is 0. The maximum absolute atomic E-state index is 10.3. The molecule has 0 fully saturated rings. The van der Waals surface area contributed by atoms with Crippen molar-refractivity contribution in [3.63, 3.8) is 0 Å². The Morgan fingerprint density at radius 2 is 2.30 bits per heavy atom. The van der Waals surface area contributed by atoms with E-state index < -0.39 is 12.0 Å². The van der Waals surface area contributed by atoms with Crippen LogP contribution in [0.1, 0.15) is 20.3 Å². The van der Waals surface area contributed by atoms with E-state index in [0.29, 0.717) is 13.0 Å². The first-order valence-electron chi connectivity index (χ1n) is 3.32. The van der Waals surface area contributed by atoms with E-state index in [-0.39, 0.29) is 0 Å². The predicted octanol–water partition coefficient (Wildman–Crippen LogP) is 0.391. The highest BCUT2D eigenvalue weighted by Crippen LogP contribution is 1.89. The molecule has 0 aliphatic rings. The third kappa shape index (κ3) is 3.42. The van der Waals surface area contributed by atoms with Gasteiger partial charge in [0.25, 0.3) is 0 Å². The number of nitrogens with one attached hydrogen (secondary N) is 1. The van der Waals surface area contributed by atoms with Gasteiger partial charge in [-0.3, -0.25) is 4.79 Å². The van der Waals surface area contributed by atoms with E-state index in [1.807, 2.05) is 0 Å². The lowest BCUT2D eigenvalue weighted by Gasteiger charge is -2.09. The monoisotopic (exact) mass is 147 g/mol. The van der Waals surface area contributed by atoms with Gasteiger partial charge >= 0.3 is 5.97 Å². The van der Waals surface area contributed by atoms with Crippen molar-refractivity contribution in [2.24, 2.45) is 0 Å². The molecule has 0 radical (unpaired) electrons. The van der Waals surface area contributed by atoms with Gasteiger partial charge in [-0.05, 0) is 13.3 Å². The van der Waals surface area contributed by atoms with Crippen molar-refractivity contribution >= 4 is 5.97 Å². The number of hydroxylamine groups is 1. The second-order valence-corrected chi connectivity index (χ2v) is 1.85. The van der Waals surface area contributed by atoms with Crippen molar-refractivity contribution in [3.8, 4) is 0 Å². The van der Waals surface area contributed by atoms with Crippen LogP contribution in [0.2, 0.25) is 0 Å². The van der Waals surface area contributed by atoms with E-state index in [2.05, 4.69) is 5.48 Å². The topological polar surface area (TPSA) is 58.6 Å². The Kier molecular flexibility index (Phi) is 4.88. The first-order chi connectivity index (χ1) is 4.72. The minimum absolute atomic E-state index is 0.476. The zero-order chi connectivity index (χ0) is 7.98. The number of carbonyl (C=O) groups is 1. The zero-order valence-corrected chi connectivity index (χ0v) is 6.26. The van der Waals surface area contributed by atoms with E-state index in [1.54, 1.807) is 13.8 Å². The molecule has 0 heterocycles. The Bertz CT molecular complexity index is 105. The van der Waals surface area contributed by atoms with Gasteiger partial charge in [0.15, 0.2) is 0 Å². The molecule has 4 heteroatoms. The third-order valence-electron chi connectivity index (χ3n) is 1.08. The Hall–Kier alpha value is -0.610. The average molecular weight is 147 g/mol. The molecule has 4 nitrogen and oxygen atoms in total. The lowest BCUT2D eigenvalue weighted by atomic mass is 10.2. The summed E-state index contributed by atoms with van der Waals surface area (Å²) in [6.07, 6.45) is 0.523. The minimum Gasteiger partial charge on any atom is -0.480 e. The summed E-state index contributed by atoms with van der Waals surface area (Å²) in [5, 5.41) is 8.46. The van der Waals surface area contributed by atoms with Crippen LogP contribution in [0.5, 0.6) is 0 Å². The summed E-state index contributed by atoms with van der Waals surface area (Å²) in [4.78, 5) is 15.0. The van der Waals surface area contributed by atoms with Gasteiger partial charge in [-0.15, -0.1) is 0 Å². The number of rotatable bonds is 5. The highest BCUT2D eigenvalue weighted by molar-refractivity contribution is 5.73. The van der Waals surface area contributed by atoms with Crippen molar-refractivity contribution < 1.29 is 14.7 Å². The Morgan fingerprint density at radius 3 is 2.60 bits per heavy atom. The largest absolute Gasteiger partial charge is 0.480 e. The van der Waals surface area contributed by atoms with Gasteiger partial charge in [-0.1, -0.05) is 6.92 Å². The van der Waals surface area contributed by atoms with Crippen LogP contribution >= 0.6 is 0 Å². The first-order valence-corrected chi connectivity index (χ1v) is 3.32. The molecule has 1 unspecified atom stereocenters. The Labute approximate surface area is 60.1 Å². The average Bonchev–Trinajstić information content (AvgIpc) is 1.89. The van der Waals surface area contributed by atoms with Crippen LogP contribution in [0.4, 0.5) is 0 Å². The standard InChI is InChI=1S/C6H13NO3/c1-3-5(6(8)9)7-10-4-2/h5,7H,3-4H2,1-2H3,(H,8,9). The highest BCUT2D eigenvalue weighted by Gasteiger charge is 2.13. The van der Waals surface area contributed by atoms with Crippen LogP contribution in [0.15, 0.2) is 0 Å². The number of carboxylic acids is 1. The molecule has 2 N–H and O–H groups in total. The molecule has 0 saturated carbocycles. The van der Waals surface area contributed by atoms with Crippen LogP contribution in [0, 0.1) is 0 Å². The first kappa shape index (κ1) is 9.39. The normalized spacial score (nSPS) is 13.0. The van der Waals surface area contributed by atoms with Gasteiger partial charge < -0.3 is 9.94 Å². The SMILES string of the molecule is CCONC(CC)C(=O)O. The van der Waals surface area contributed by atoms with Crippen LogP contribution in [0.25, 0.3) is 0 Å². The fraction of sp³-hybridized carbons (Fsp3) is 0.833. The number of aliphatic carboxylic acids is 1. The molecule has 0 saturated heterocycles. The molecular formula is C6H13NO3. The Balaban J connectivity index is 3.50. The van der Waals surface area contributed by atoms with Gasteiger partial charge in [0.1, 0.15) is 6.04 Å². The van der Waals surface area contributed by atoms with Crippen LogP contribution in [0.3, 0.4) is 0 Å². The van der Waals surface area contributed by atoms with Gasteiger partial charge in [-0.25, -0.2) is 0 Å². The predicted molar refractivity (Wildman–Crippen MR) is 36.5 cm³/mol. The minimum atomic E-state index is -0.879. The molecule has 1 atom stereocenters. The summed E-state index contributed by atoms with van der Waals surface area (Å²) in [7, 11) is 0. The number of hydrogen-bond donors (Lipinski definition) is 2. The molecule has 0 aliphatic carbocycles. The van der Waals surface area contributed by atoms with Crippen molar-refractivity contribution in [1.82, 2.24) is 5.48 Å². The van der Waals surface area contributed by atoms with E-state index >= 15 is 0 Å². The second-order valence-electron chi connectivity index (χ2n) is 1.85. The van der Waals surface area contributed by atoms with Crippen molar-refractivity contribution in [2.45, 2.75) is 26.3 Å². The molecule has 60 valence electrons. The lowest BCUT2D eigenvalue weighted by molar-refractivity contribution is -0.144. The number of hydrogen-bond acceptors (Lipinski definition) is 3. The van der Waals surface area contributed by atoms with Gasteiger partial charge in [0, 0.05) is 0 Å². The third-order valence-corrected chi connectivity index (χ3v) is 1.08. The summed E-state index contributed by atoms with van der Waals surface area (Å²) in [5.41, 5.74) is 2.42. The summed E-state index contributed by atoms with van der Waals surface area (Å²) in [6.45, 7) is 4.05. The summed E-state index contributed by atoms with van der Waals surface area (Å²) < 4.78 is 0. The fourth-order valence-electron chi connectivity index (χ4n) is 0.492. The fourth-order valence-corrected chi connectivity index (χ4v) is 0.492. The second kappa shape index (κ2) is 5.20. The van der Waals surface area contributed by atoms with Gasteiger partial charge in [-0.2, -0.15) is 5.48 Å². The summed E-state index contributed by atoms with van der Waals surface area (Å²) in [6, 6.07) is -0.583. The highest BCUT2D eigenvalue weighted by atomic mass is 16.6. The molecule has 0 spiro atoms. The van der Waals surface area contributed by atoms with Crippen LogP contribution in [-0.4, -0.2) is 23.7 Å². The van der Waals surface area contributed by atoms with E-state index in [4.69, 9.17) is 9.94 Å². The molecule has 0 aliphatic heterocycles.